The Hall–Kier alpha value is -0.780. The maximum atomic E-state index is 5.30. The molecule has 0 bridgehead atoms. The summed E-state index contributed by atoms with van der Waals surface area (Å²) in [6.45, 7) is 5.47. The topological polar surface area (TPSA) is 12.0 Å². The molecular formula is C14H21NS. The minimum absolute atomic E-state index is 0.486. The summed E-state index contributed by atoms with van der Waals surface area (Å²) in [5.74, 6) is 2.71. The van der Waals surface area contributed by atoms with E-state index in [2.05, 4.69) is 35.8 Å². The van der Waals surface area contributed by atoms with Crippen molar-refractivity contribution in [1.82, 2.24) is 5.32 Å². The van der Waals surface area contributed by atoms with Crippen molar-refractivity contribution in [2.45, 2.75) is 45.6 Å². The van der Waals surface area contributed by atoms with Gasteiger partial charge in [-0.3, -0.25) is 0 Å². The molecule has 88 valence electrons. The summed E-state index contributed by atoms with van der Waals surface area (Å²) < 4.78 is 0. The van der Waals surface area contributed by atoms with Gasteiger partial charge in [0.05, 0.1) is 0 Å². The van der Waals surface area contributed by atoms with Gasteiger partial charge in [0.25, 0.3) is 0 Å². The van der Waals surface area contributed by atoms with Gasteiger partial charge in [-0.2, -0.15) is 11.3 Å². The normalized spacial score (nSPS) is 12.3. The van der Waals surface area contributed by atoms with E-state index in [9.17, 15) is 0 Å². The molecule has 1 aromatic rings. The SMILES string of the molecule is C#CCCCC(NCCC)c1cscc1C. The number of terminal acetylenes is 1. The molecule has 1 aromatic heterocycles. The molecule has 0 aliphatic rings. The number of hydrogen-bond acceptors (Lipinski definition) is 2. The van der Waals surface area contributed by atoms with Crippen molar-refractivity contribution in [2.75, 3.05) is 6.54 Å². The molecule has 0 aliphatic heterocycles. The van der Waals surface area contributed by atoms with E-state index in [1.807, 2.05) is 0 Å². The average Bonchev–Trinajstić information content (AvgIpc) is 2.70. The molecule has 0 aromatic carbocycles. The average molecular weight is 235 g/mol. The summed E-state index contributed by atoms with van der Waals surface area (Å²) in [4.78, 5) is 0. The van der Waals surface area contributed by atoms with E-state index < -0.39 is 0 Å². The van der Waals surface area contributed by atoms with Crippen molar-refractivity contribution < 1.29 is 0 Å². The third kappa shape index (κ3) is 4.00. The van der Waals surface area contributed by atoms with E-state index in [1.165, 1.54) is 17.5 Å². The van der Waals surface area contributed by atoms with Crippen molar-refractivity contribution in [2.24, 2.45) is 0 Å². The first-order valence-corrected chi connectivity index (χ1v) is 6.93. The Morgan fingerprint density at radius 3 is 2.88 bits per heavy atom. The minimum atomic E-state index is 0.486. The Morgan fingerprint density at radius 2 is 2.31 bits per heavy atom. The van der Waals surface area contributed by atoms with Crippen LogP contribution in [-0.4, -0.2) is 6.54 Å². The van der Waals surface area contributed by atoms with E-state index in [4.69, 9.17) is 6.42 Å². The van der Waals surface area contributed by atoms with E-state index in [0.717, 1.165) is 25.8 Å². The summed E-state index contributed by atoms with van der Waals surface area (Å²) in [5.41, 5.74) is 2.86. The predicted octanol–water partition coefficient (Wildman–Crippen LogP) is 3.90. The highest BCUT2D eigenvalue weighted by Crippen LogP contribution is 2.25. The zero-order valence-electron chi connectivity index (χ0n) is 10.3. The van der Waals surface area contributed by atoms with E-state index in [-0.39, 0.29) is 0 Å². The van der Waals surface area contributed by atoms with Crippen LogP contribution in [0.15, 0.2) is 10.8 Å². The lowest BCUT2D eigenvalue weighted by Crippen LogP contribution is -2.22. The van der Waals surface area contributed by atoms with Crippen molar-refractivity contribution >= 4 is 11.3 Å². The third-order valence-corrected chi connectivity index (χ3v) is 3.60. The maximum Gasteiger partial charge on any atom is 0.0331 e. The van der Waals surface area contributed by atoms with E-state index in [0.29, 0.717) is 6.04 Å². The van der Waals surface area contributed by atoms with Crippen LogP contribution >= 0.6 is 11.3 Å². The molecule has 1 nitrogen and oxygen atoms in total. The Kier molecular flexibility index (Phi) is 6.22. The number of rotatable bonds is 7. The lowest BCUT2D eigenvalue weighted by atomic mass is 10.0. The first-order chi connectivity index (χ1) is 7.79. The van der Waals surface area contributed by atoms with Crippen LogP contribution in [0.1, 0.15) is 49.8 Å². The predicted molar refractivity (Wildman–Crippen MR) is 72.8 cm³/mol. The van der Waals surface area contributed by atoms with Gasteiger partial charge in [0, 0.05) is 12.5 Å². The van der Waals surface area contributed by atoms with Crippen LogP contribution < -0.4 is 5.32 Å². The summed E-state index contributed by atoms with van der Waals surface area (Å²) in [5, 5.41) is 8.09. The zero-order chi connectivity index (χ0) is 11.8. The number of hydrogen-bond donors (Lipinski definition) is 1. The lowest BCUT2D eigenvalue weighted by molar-refractivity contribution is 0.487. The molecule has 2 heteroatoms. The van der Waals surface area contributed by atoms with Gasteiger partial charge in [0.2, 0.25) is 0 Å². The Bertz CT molecular complexity index is 335. The zero-order valence-corrected chi connectivity index (χ0v) is 11.1. The highest BCUT2D eigenvalue weighted by atomic mass is 32.1. The quantitative estimate of drug-likeness (QED) is 0.558. The van der Waals surface area contributed by atoms with Crippen LogP contribution in [0.4, 0.5) is 0 Å². The fourth-order valence-electron chi connectivity index (χ4n) is 1.82. The number of nitrogens with one attached hydrogen (secondary N) is 1. The van der Waals surface area contributed by atoms with Crippen LogP contribution in [-0.2, 0) is 0 Å². The second kappa shape index (κ2) is 7.49. The summed E-state index contributed by atoms with van der Waals surface area (Å²) in [7, 11) is 0. The summed E-state index contributed by atoms with van der Waals surface area (Å²) >= 11 is 1.79. The Balaban J connectivity index is 2.57. The molecule has 0 aliphatic carbocycles. The monoisotopic (exact) mass is 235 g/mol. The Labute approximate surface area is 103 Å². The first kappa shape index (κ1) is 13.3. The molecule has 0 radical (unpaired) electrons. The molecule has 0 amide bonds. The van der Waals surface area contributed by atoms with Gasteiger partial charge >= 0.3 is 0 Å². The van der Waals surface area contributed by atoms with Crippen LogP contribution in [0.2, 0.25) is 0 Å². The van der Waals surface area contributed by atoms with Crippen LogP contribution in [0.25, 0.3) is 0 Å². The van der Waals surface area contributed by atoms with E-state index >= 15 is 0 Å². The summed E-state index contributed by atoms with van der Waals surface area (Å²) in [6, 6.07) is 0.486. The molecule has 0 fully saturated rings. The second-order valence-corrected chi connectivity index (χ2v) is 4.86. The largest absolute Gasteiger partial charge is 0.310 e. The fraction of sp³-hybridized carbons (Fsp3) is 0.571. The number of aryl methyl sites for hydroxylation is 1. The van der Waals surface area contributed by atoms with Gasteiger partial charge in [-0.25, -0.2) is 0 Å². The van der Waals surface area contributed by atoms with Gasteiger partial charge in [-0.05, 0) is 54.6 Å². The van der Waals surface area contributed by atoms with Gasteiger partial charge in [0.1, 0.15) is 0 Å². The summed E-state index contributed by atoms with van der Waals surface area (Å²) in [6.07, 6.45) is 9.60. The van der Waals surface area contributed by atoms with Crippen molar-refractivity contribution in [3.05, 3.63) is 21.9 Å². The standard InChI is InChI=1S/C14H21NS/c1-4-6-7-8-14(15-9-5-2)13-11-16-10-12(13)3/h1,10-11,14-15H,5-9H2,2-3H3. The number of thiophene rings is 1. The molecule has 16 heavy (non-hydrogen) atoms. The molecule has 0 saturated heterocycles. The fourth-order valence-corrected chi connectivity index (χ4v) is 2.73. The Morgan fingerprint density at radius 1 is 1.50 bits per heavy atom. The van der Waals surface area contributed by atoms with Gasteiger partial charge < -0.3 is 5.32 Å². The van der Waals surface area contributed by atoms with Gasteiger partial charge in [-0.15, -0.1) is 12.3 Å². The highest BCUT2D eigenvalue weighted by Gasteiger charge is 2.12. The van der Waals surface area contributed by atoms with Crippen LogP contribution in [0.3, 0.4) is 0 Å². The molecule has 1 heterocycles. The first-order valence-electron chi connectivity index (χ1n) is 5.99. The second-order valence-electron chi connectivity index (χ2n) is 4.11. The van der Waals surface area contributed by atoms with Gasteiger partial charge in [0.15, 0.2) is 0 Å². The maximum absolute atomic E-state index is 5.30. The van der Waals surface area contributed by atoms with Crippen molar-refractivity contribution in [3.8, 4) is 12.3 Å². The molecule has 1 unspecified atom stereocenters. The smallest absolute Gasteiger partial charge is 0.0331 e. The molecule has 0 spiro atoms. The number of unbranched alkanes of at least 4 members (excludes halogenated alkanes) is 1. The molecule has 1 rings (SSSR count). The molecule has 0 saturated carbocycles. The van der Waals surface area contributed by atoms with Crippen molar-refractivity contribution in [1.29, 1.82) is 0 Å². The van der Waals surface area contributed by atoms with Crippen LogP contribution in [0, 0.1) is 19.3 Å². The molecule has 1 N–H and O–H groups in total. The van der Waals surface area contributed by atoms with Gasteiger partial charge in [-0.1, -0.05) is 6.92 Å². The minimum Gasteiger partial charge on any atom is -0.310 e. The highest BCUT2D eigenvalue weighted by molar-refractivity contribution is 7.08. The molecule has 1 atom stereocenters. The lowest BCUT2D eigenvalue weighted by Gasteiger charge is -2.18. The molecular weight excluding hydrogens is 214 g/mol. The third-order valence-electron chi connectivity index (χ3n) is 2.73. The van der Waals surface area contributed by atoms with Crippen molar-refractivity contribution in [3.63, 3.8) is 0 Å². The van der Waals surface area contributed by atoms with E-state index in [1.54, 1.807) is 11.3 Å². The van der Waals surface area contributed by atoms with Crippen LogP contribution in [0.5, 0.6) is 0 Å².